The number of benzene rings is 1. The Kier molecular flexibility index (Phi) is 5.27. The van der Waals surface area contributed by atoms with Crippen LogP contribution in [0.25, 0.3) is 11.0 Å². The summed E-state index contributed by atoms with van der Waals surface area (Å²) in [6, 6.07) is 3.63. The van der Waals surface area contributed by atoms with E-state index in [0.29, 0.717) is 29.2 Å². The van der Waals surface area contributed by atoms with Crippen LogP contribution >= 0.6 is 15.9 Å². The first-order valence-electron chi connectivity index (χ1n) is 9.06. The molecule has 2 aromatic rings. The lowest BCUT2D eigenvalue weighted by Crippen LogP contribution is -2.50. The summed E-state index contributed by atoms with van der Waals surface area (Å²) >= 11 is 3.71. The Morgan fingerprint density at radius 2 is 2.07 bits per heavy atom. The van der Waals surface area contributed by atoms with Crippen molar-refractivity contribution in [2.45, 2.75) is 19.5 Å². The molecule has 0 amide bonds. The Morgan fingerprint density at radius 1 is 1.30 bits per heavy atom. The highest BCUT2D eigenvalue weighted by atomic mass is 79.9. The Bertz CT molecular complexity index is 912. The zero-order valence-corrected chi connectivity index (χ0v) is 16.7. The monoisotopic (exact) mass is 432 g/mol. The van der Waals surface area contributed by atoms with E-state index in [9.17, 15) is 4.39 Å². The van der Waals surface area contributed by atoms with Crippen molar-refractivity contribution in [2.24, 2.45) is 0 Å². The molecule has 6 nitrogen and oxygen atoms in total. The number of nitrogens with one attached hydrogen (secondary N) is 3. The van der Waals surface area contributed by atoms with E-state index in [0.717, 1.165) is 42.1 Å². The van der Waals surface area contributed by atoms with E-state index in [-0.39, 0.29) is 5.82 Å². The molecule has 1 atom stereocenters. The average molecular weight is 433 g/mol. The van der Waals surface area contributed by atoms with E-state index in [2.05, 4.69) is 53.7 Å². The number of aromatic nitrogens is 2. The molecule has 2 aliphatic rings. The third-order valence-electron chi connectivity index (χ3n) is 4.81. The van der Waals surface area contributed by atoms with Crippen LogP contribution in [0.5, 0.6) is 0 Å². The van der Waals surface area contributed by atoms with Crippen LogP contribution in [0, 0.1) is 5.82 Å². The van der Waals surface area contributed by atoms with Gasteiger partial charge in [-0.1, -0.05) is 15.9 Å². The van der Waals surface area contributed by atoms with Gasteiger partial charge in [0.25, 0.3) is 0 Å². The third kappa shape index (κ3) is 3.91. The zero-order chi connectivity index (χ0) is 18.8. The van der Waals surface area contributed by atoms with E-state index in [1.165, 1.54) is 6.07 Å². The van der Waals surface area contributed by atoms with Gasteiger partial charge in [0, 0.05) is 73.5 Å². The van der Waals surface area contributed by atoms with Gasteiger partial charge in [-0.25, -0.2) is 4.39 Å². The lowest BCUT2D eigenvalue weighted by Gasteiger charge is -2.38. The van der Waals surface area contributed by atoms with E-state index in [4.69, 9.17) is 0 Å². The Labute approximate surface area is 166 Å². The molecule has 1 fully saturated rings. The number of hydrogen-bond donors (Lipinski definition) is 3. The van der Waals surface area contributed by atoms with Crippen LogP contribution in [0.15, 0.2) is 46.6 Å². The number of halogens is 2. The van der Waals surface area contributed by atoms with Gasteiger partial charge < -0.3 is 20.9 Å². The number of rotatable bonds is 4. The van der Waals surface area contributed by atoms with Crippen molar-refractivity contribution >= 4 is 27.0 Å². The molecule has 1 aromatic heterocycles. The van der Waals surface area contributed by atoms with E-state index >= 15 is 0 Å². The van der Waals surface area contributed by atoms with Crippen LogP contribution in [0.2, 0.25) is 0 Å². The van der Waals surface area contributed by atoms with Gasteiger partial charge in [0.1, 0.15) is 5.82 Å². The summed E-state index contributed by atoms with van der Waals surface area (Å²) in [5.74, 6) is -0.278. The maximum atomic E-state index is 14.5. The highest BCUT2D eigenvalue weighted by molar-refractivity contribution is 9.11. The maximum absolute atomic E-state index is 14.5. The maximum Gasteiger partial charge on any atom is 0.130 e. The fourth-order valence-electron chi connectivity index (χ4n) is 3.51. The minimum atomic E-state index is -0.278. The average Bonchev–Trinajstić information content (AvgIpc) is 2.66. The van der Waals surface area contributed by atoms with Gasteiger partial charge in [-0.3, -0.25) is 9.97 Å². The minimum Gasteiger partial charge on any atom is -0.384 e. The molecule has 8 heteroatoms. The molecule has 2 aliphatic heterocycles. The molecule has 0 radical (unpaired) electrons. The first kappa shape index (κ1) is 18.2. The normalized spacial score (nSPS) is 20.5. The Hall–Kier alpha value is -2.19. The fourth-order valence-corrected chi connectivity index (χ4v) is 4.13. The molecule has 142 valence electrons. The van der Waals surface area contributed by atoms with E-state index < -0.39 is 0 Å². The summed E-state index contributed by atoms with van der Waals surface area (Å²) in [4.78, 5) is 10.8. The lowest BCUT2D eigenvalue weighted by molar-refractivity contribution is 0.255. The van der Waals surface area contributed by atoms with Gasteiger partial charge in [-0.05, 0) is 13.0 Å². The first-order valence-corrected chi connectivity index (χ1v) is 9.85. The largest absolute Gasteiger partial charge is 0.384 e. The smallest absolute Gasteiger partial charge is 0.130 e. The molecule has 1 aromatic carbocycles. The van der Waals surface area contributed by atoms with Gasteiger partial charge in [0.05, 0.1) is 22.4 Å². The highest BCUT2D eigenvalue weighted by Gasteiger charge is 2.24. The molecule has 3 N–H and O–H groups in total. The molecule has 3 heterocycles. The molecule has 4 rings (SSSR count). The second-order valence-electron chi connectivity index (χ2n) is 6.84. The van der Waals surface area contributed by atoms with Crippen molar-refractivity contribution < 1.29 is 4.39 Å². The summed E-state index contributed by atoms with van der Waals surface area (Å²) in [6.07, 6.45) is 5.15. The molecule has 0 bridgehead atoms. The molecule has 0 spiro atoms. The predicted molar refractivity (Wildman–Crippen MR) is 107 cm³/mol. The van der Waals surface area contributed by atoms with Crippen molar-refractivity contribution in [1.82, 2.24) is 30.8 Å². The van der Waals surface area contributed by atoms with Crippen LogP contribution < -0.4 is 16.0 Å². The second-order valence-corrected chi connectivity index (χ2v) is 7.79. The summed E-state index contributed by atoms with van der Waals surface area (Å²) in [5, 5.41) is 10.1. The summed E-state index contributed by atoms with van der Waals surface area (Å²) < 4.78 is 15.6. The van der Waals surface area contributed by atoms with Crippen LogP contribution in [0.4, 0.5) is 4.39 Å². The van der Waals surface area contributed by atoms with Crippen molar-refractivity contribution in [1.29, 1.82) is 0 Å². The summed E-state index contributed by atoms with van der Waals surface area (Å²) in [7, 11) is 0. The first-order chi connectivity index (χ1) is 13.1. The van der Waals surface area contributed by atoms with Crippen LogP contribution in [-0.2, 0) is 6.54 Å². The summed E-state index contributed by atoms with van der Waals surface area (Å²) in [5.41, 5.74) is 3.93. The Morgan fingerprint density at radius 3 is 2.85 bits per heavy atom. The van der Waals surface area contributed by atoms with Gasteiger partial charge in [-0.15, -0.1) is 0 Å². The highest BCUT2D eigenvalue weighted by Crippen LogP contribution is 2.26. The molecule has 27 heavy (non-hydrogen) atoms. The molecule has 1 unspecified atom stereocenters. The van der Waals surface area contributed by atoms with Crippen molar-refractivity contribution in [2.75, 3.05) is 26.2 Å². The third-order valence-corrected chi connectivity index (χ3v) is 5.46. The SMILES string of the molecule is CC1CN(C2=C(Br)CNC=C2NCc2cc3nccnc3cc2F)CCN1. The predicted octanol–water partition coefficient (Wildman–Crippen LogP) is 2.20. The van der Waals surface area contributed by atoms with Crippen molar-refractivity contribution in [3.05, 3.63) is 58.0 Å². The Balaban J connectivity index is 1.54. The quantitative estimate of drug-likeness (QED) is 0.688. The summed E-state index contributed by atoms with van der Waals surface area (Å²) in [6.45, 7) is 6.13. The lowest BCUT2D eigenvalue weighted by atomic mass is 10.1. The van der Waals surface area contributed by atoms with Crippen LogP contribution in [0.3, 0.4) is 0 Å². The fraction of sp³-hybridized carbons (Fsp3) is 0.368. The van der Waals surface area contributed by atoms with Crippen LogP contribution in [-0.4, -0.2) is 47.1 Å². The van der Waals surface area contributed by atoms with Gasteiger partial charge in [-0.2, -0.15) is 0 Å². The van der Waals surface area contributed by atoms with E-state index in [1.807, 2.05) is 6.20 Å². The molecular formula is C19H22BrFN6. The van der Waals surface area contributed by atoms with Gasteiger partial charge >= 0.3 is 0 Å². The molecule has 0 aliphatic carbocycles. The zero-order valence-electron chi connectivity index (χ0n) is 15.1. The minimum absolute atomic E-state index is 0.278. The standard InChI is InChI=1S/C19H22BrFN6/c1-12-11-27(5-4-23-12)19-14(20)9-22-10-18(19)26-8-13-6-16-17(7-15(13)21)25-3-2-24-16/h2-3,6-7,10,12,22-23,26H,4-5,8-9,11H2,1H3. The van der Waals surface area contributed by atoms with Gasteiger partial charge in [0.2, 0.25) is 0 Å². The van der Waals surface area contributed by atoms with Gasteiger partial charge in [0.15, 0.2) is 0 Å². The van der Waals surface area contributed by atoms with Crippen molar-refractivity contribution in [3.8, 4) is 0 Å². The van der Waals surface area contributed by atoms with Crippen LogP contribution in [0.1, 0.15) is 12.5 Å². The topological polar surface area (TPSA) is 65.1 Å². The molecule has 0 saturated carbocycles. The number of piperazine rings is 1. The number of dihydropyridines is 1. The number of hydrogen-bond acceptors (Lipinski definition) is 6. The molecular weight excluding hydrogens is 411 g/mol. The van der Waals surface area contributed by atoms with Crippen molar-refractivity contribution in [3.63, 3.8) is 0 Å². The second kappa shape index (κ2) is 7.82. The number of nitrogens with zero attached hydrogens (tertiary/aromatic N) is 3. The number of fused-ring (bicyclic) bond motifs is 1. The van der Waals surface area contributed by atoms with E-state index in [1.54, 1.807) is 18.5 Å². The molecule has 1 saturated heterocycles.